The van der Waals surface area contributed by atoms with E-state index in [0.717, 1.165) is 11.4 Å². The third-order valence-electron chi connectivity index (χ3n) is 1.92. The zero-order valence-corrected chi connectivity index (χ0v) is 11.6. The highest BCUT2D eigenvalue weighted by molar-refractivity contribution is 6.70. The molecule has 1 heterocycles. The minimum Gasteiger partial charge on any atom is -0.544 e. The number of pyridine rings is 1. The van der Waals surface area contributed by atoms with E-state index in [0.29, 0.717) is 0 Å². The van der Waals surface area contributed by atoms with E-state index >= 15 is 0 Å². The minimum atomic E-state index is -1.51. The highest BCUT2D eigenvalue weighted by Crippen LogP contribution is 2.24. The predicted molar refractivity (Wildman–Crippen MR) is 66.9 cm³/mol. The van der Waals surface area contributed by atoms with Crippen LogP contribution in [0.3, 0.4) is 0 Å². The molecule has 1 aromatic heterocycles. The lowest BCUT2D eigenvalue weighted by Gasteiger charge is -2.22. The first-order chi connectivity index (χ1) is 6.68. The first-order valence-electron chi connectivity index (χ1n) is 5.34. The summed E-state index contributed by atoms with van der Waals surface area (Å²) in [6, 6.07) is 3.99. The van der Waals surface area contributed by atoms with Gasteiger partial charge in [0, 0.05) is 23.4 Å². The fourth-order valence-corrected chi connectivity index (χ4v) is 2.07. The quantitative estimate of drug-likeness (QED) is 0.715. The van der Waals surface area contributed by atoms with Gasteiger partial charge in [-0.1, -0.05) is 20.8 Å². The lowest BCUT2D eigenvalue weighted by Crippen LogP contribution is -2.29. The van der Waals surface area contributed by atoms with Crippen LogP contribution in [0.15, 0.2) is 18.3 Å². The van der Waals surface area contributed by atoms with E-state index in [-0.39, 0.29) is 5.41 Å². The number of aromatic nitrogens is 1. The maximum atomic E-state index is 5.94. The fourth-order valence-electron chi connectivity index (χ4n) is 1.24. The molecule has 3 heteroatoms. The van der Waals surface area contributed by atoms with Gasteiger partial charge in [0.25, 0.3) is 0 Å². The summed E-state index contributed by atoms with van der Waals surface area (Å²) in [5.74, 6) is 0.953. The van der Waals surface area contributed by atoms with Crippen LogP contribution in [0, 0.1) is 0 Å². The number of hydrogen-bond acceptors (Lipinski definition) is 2. The molecule has 0 unspecified atom stereocenters. The molecule has 0 amide bonds. The molecule has 0 saturated carbocycles. The van der Waals surface area contributed by atoms with E-state index in [4.69, 9.17) is 4.43 Å². The Balaban J connectivity index is 2.94. The molecule has 0 aliphatic rings. The minimum absolute atomic E-state index is 0.0822. The predicted octanol–water partition coefficient (Wildman–Crippen LogP) is 3.59. The van der Waals surface area contributed by atoms with Gasteiger partial charge < -0.3 is 4.43 Å². The van der Waals surface area contributed by atoms with Crippen molar-refractivity contribution in [2.24, 2.45) is 0 Å². The molecule has 0 aromatic carbocycles. The van der Waals surface area contributed by atoms with Crippen LogP contribution in [0.25, 0.3) is 0 Å². The molecule has 0 atom stereocenters. The van der Waals surface area contributed by atoms with Crippen molar-refractivity contribution in [1.29, 1.82) is 0 Å². The van der Waals surface area contributed by atoms with E-state index in [1.165, 1.54) is 0 Å². The molecule has 1 aromatic rings. The first kappa shape index (κ1) is 12.2. The molecular weight excluding hydrogens is 202 g/mol. The van der Waals surface area contributed by atoms with Gasteiger partial charge in [-0.25, -0.2) is 0 Å². The SMILES string of the molecule is CC(C)(C)c1cc(O[Si](C)(C)C)ccn1. The molecule has 0 bridgehead atoms. The molecule has 2 nitrogen and oxygen atoms in total. The van der Waals surface area contributed by atoms with E-state index in [1.807, 2.05) is 12.3 Å². The van der Waals surface area contributed by atoms with Crippen LogP contribution in [-0.2, 0) is 5.41 Å². The second-order valence-corrected chi connectivity index (χ2v) is 10.3. The highest BCUT2D eigenvalue weighted by Gasteiger charge is 2.19. The fraction of sp³-hybridized carbons (Fsp3) is 0.583. The topological polar surface area (TPSA) is 22.1 Å². The van der Waals surface area contributed by atoms with Gasteiger partial charge in [0.2, 0.25) is 8.32 Å². The average Bonchev–Trinajstić information content (AvgIpc) is 1.99. The Bertz CT molecular complexity index is 336. The third kappa shape index (κ3) is 4.04. The average molecular weight is 223 g/mol. The second-order valence-electron chi connectivity index (χ2n) is 5.84. The van der Waals surface area contributed by atoms with Gasteiger partial charge in [-0.05, 0) is 25.7 Å². The van der Waals surface area contributed by atoms with Crippen molar-refractivity contribution < 1.29 is 4.43 Å². The van der Waals surface area contributed by atoms with Crippen molar-refractivity contribution in [2.45, 2.75) is 45.8 Å². The molecule has 0 N–H and O–H groups in total. The van der Waals surface area contributed by atoms with Crippen molar-refractivity contribution in [2.75, 3.05) is 0 Å². The van der Waals surface area contributed by atoms with Crippen LogP contribution in [0.5, 0.6) is 5.75 Å². The zero-order valence-electron chi connectivity index (χ0n) is 10.6. The van der Waals surface area contributed by atoms with Crippen LogP contribution < -0.4 is 4.43 Å². The number of hydrogen-bond donors (Lipinski definition) is 0. The van der Waals surface area contributed by atoms with Crippen LogP contribution >= 0.6 is 0 Å². The number of rotatable bonds is 2. The lowest BCUT2D eigenvalue weighted by atomic mass is 9.92. The maximum Gasteiger partial charge on any atom is 0.242 e. The largest absolute Gasteiger partial charge is 0.544 e. The lowest BCUT2D eigenvalue weighted by molar-refractivity contribution is 0.535. The van der Waals surface area contributed by atoms with E-state index < -0.39 is 8.32 Å². The molecule has 0 radical (unpaired) electrons. The smallest absolute Gasteiger partial charge is 0.242 e. The van der Waals surface area contributed by atoms with Crippen molar-refractivity contribution in [3.63, 3.8) is 0 Å². The summed E-state index contributed by atoms with van der Waals surface area (Å²) in [5.41, 5.74) is 1.16. The maximum absolute atomic E-state index is 5.94. The Morgan fingerprint density at radius 1 is 1.20 bits per heavy atom. The van der Waals surface area contributed by atoms with Gasteiger partial charge >= 0.3 is 0 Å². The van der Waals surface area contributed by atoms with E-state index in [9.17, 15) is 0 Å². The zero-order chi connectivity index (χ0) is 11.7. The van der Waals surface area contributed by atoms with Crippen molar-refractivity contribution in [1.82, 2.24) is 4.98 Å². The second kappa shape index (κ2) is 3.97. The van der Waals surface area contributed by atoms with Crippen LogP contribution in [0.2, 0.25) is 19.6 Å². The van der Waals surface area contributed by atoms with Crippen molar-refractivity contribution >= 4 is 8.32 Å². The monoisotopic (exact) mass is 223 g/mol. The molecule has 0 fully saturated rings. The first-order valence-corrected chi connectivity index (χ1v) is 8.75. The van der Waals surface area contributed by atoms with Crippen molar-refractivity contribution in [3.05, 3.63) is 24.0 Å². The summed E-state index contributed by atoms with van der Waals surface area (Å²) in [5, 5.41) is 0. The van der Waals surface area contributed by atoms with Gasteiger partial charge in [0.15, 0.2) is 0 Å². The van der Waals surface area contributed by atoms with Crippen LogP contribution in [-0.4, -0.2) is 13.3 Å². The molecule has 0 aliphatic heterocycles. The molecule has 1 rings (SSSR count). The molecule has 0 aliphatic carbocycles. The van der Waals surface area contributed by atoms with Crippen LogP contribution in [0.4, 0.5) is 0 Å². The summed E-state index contributed by atoms with van der Waals surface area (Å²) in [6.07, 6.45) is 1.83. The van der Waals surface area contributed by atoms with Crippen molar-refractivity contribution in [3.8, 4) is 5.75 Å². The number of nitrogens with zero attached hydrogens (tertiary/aromatic N) is 1. The van der Waals surface area contributed by atoms with Gasteiger partial charge in [-0.3, -0.25) is 4.98 Å². The van der Waals surface area contributed by atoms with E-state index in [1.54, 1.807) is 0 Å². The molecule has 84 valence electrons. The molecular formula is C12H21NOSi. The summed E-state index contributed by atoms with van der Waals surface area (Å²) in [4.78, 5) is 4.38. The molecule has 0 saturated heterocycles. The summed E-state index contributed by atoms with van der Waals surface area (Å²) in [6.45, 7) is 13.0. The Morgan fingerprint density at radius 2 is 1.80 bits per heavy atom. The van der Waals surface area contributed by atoms with Gasteiger partial charge in [0.1, 0.15) is 5.75 Å². The highest BCUT2D eigenvalue weighted by atomic mass is 28.4. The summed E-state index contributed by atoms with van der Waals surface area (Å²) >= 11 is 0. The van der Waals surface area contributed by atoms with Gasteiger partial charge in [0.05, 0.1) is 0 Å². The van der Waals surface area contributed by atoms with Gasteiger partial charge in [-0.2, -0.15) is 0 Å². The summed E-state index contributed by atoms with van der Waals surface area (Å²) < 4.78 is 5.94. The third-order valence-corrected chi connectivity index (χ3v) is 2.77. The van der Waals surface area contributed by atoms with Crippen LogP contribution in [0.1, 0.15) is 26.5 Å². The normalized spacial score (nSPS) is 12.7. The molecule has 0 spiro atoms. The van der Waals surface area contributed by atoms with E-state index in [2.05, 4.69) is 51.5 Å². The Labute approximate surface area is 93.8 Å². The molecule has 15 heavy (non-hydrogen) atoms. The Kier molecular flexibility index (Phi) is 3.24. The Hall–Kier alpha value is -0.833. The standard InChI is InChI=1S/C12H21NOSi/c1-12(2,3)11-9-10(7-8-13-11)14-15(4,5)6/h7-9H,1-6H3. The Morgan fingerprint density at radius 3 is 2.27 bits per heavy atom. The summed E-state index contributed by atoms with van der Waals surface area (Å²) in [7, 11) is -1.51. The van der Waals surface area contributed by atoms with Gasteiger partial charge in [-0.15, -0.1) is 0 Å².